The molecule has 0 bridgehead atoms. The summed E-state index contributed by atoms with van der Waals surface area (Å²) in [4.78, 5) is 26.1. The lowest BCUT2D eigenvalue weighted by molar-refractivity contribution is -0.179. The van der Waals surface area contributed by atoms with Crippen molar-refractivity contribution >= 4 is 5.91 Å². The molecule has 3 rings (SSSR count). The zero-order valence-electron chi connectivity index (χ0n) is 14.2. The number of aliphatic hydroxyl groups is 1. The average molecular weight is 334 g/mol. The highest BCUT2D eigenvalue weighted by Gasteiger charge is 2.44. The van der Waals surface area contributed by atoms with E-state index < -0.39 is 11.7 Å². The maximum Gasteiger partial charge on any atom is 0.250 e. The van der Waals surface area contributed by atoms with Crippen LogP contribution in [0.4, 0.5) is 0 Å². The van der Waals surface area contributed by atoms with Crippen molar-refractivity contribution in [3.05, 3.63) is 34.2 Å². The molecule has 0 unspecified atom stereocenters. The normalized spacial score (nSPS) is 23.4. The Morgan fingerprint density at radius 3 is 2.79 bits per heavy atom. The van der Waals surface area contributed by atoms with E-state index in [4.69, 9.17) is 4.74 Å². The molecule has 1 amide bonds. The van der Waals surface area contributed by atoms with E-state index >= 15 is 0 Å². The summed E-state index contributed by atoms with van der Waals surface area (Å²) in [5, 5.41) is 10.3. The van der Waals surface area contributed by atoms with E-state index in [9.17, 15) is 14.7 Å². The molecular weight excluding hydrogens is 308 g/mol. The quantitative estimate of drug-likeness (QED) is 0.898. The van der Waals surface area contributed by atoms with E-state index in [1.54, 1.807) is 10.6 Å². The molecule has 6 heteroatoms. The number of aliphatic hydroxyl groups excluding tert-OH is 1. The van der Waals surface area contributed by atoms with E-state index in [-0.39, 0.29) is 11.5 Å². The summed E-state index contributed by atoms with van der Waals surface area (Å²) in [5.41, 5.74) is 0.341. The Kier molecular flexibility index (Phi) is 5.06. The van der Waals surface area contributed by atoms with Crippen LogP contribution < -0.4 is 5.56 Å². The van der Waals surface area contributed by atoms with Crippen molar-refractivity contribution in [2.75, 3.05) is 19.7 Å². The average Bonchev–Trinajstić information content (AvgIpc) is 2.58. The van der Waals surface area contributed by atoms with Gasteiger partial charge in [-0.05, 0) is 38.7 Å². The molecule has 2 saturated heterocycles. The molecule has 1 aromatic rings. The molecule has 1 aromatic heterocycles. The number of carbonyl (C=O) groups excluding carboxylic acids is 1. The van der Waals surface area contributed by atoms with Crippen molar-refractivity contribution in [2.45, 2.75) is 57.3 Å². The summed E-state index contributed by atoms with van der Waals surface area (Å²) < 4.78 is 7.51. The molecule has 0 radical (unpaired) electrons. The second-order valence-electron chi connectivity index (χ2n) is 6.86. The smallest absolute Gasteiger partial charge is 0.250 e. The van der Waals surface area contributed by atoms with E-state index in [0.29, 0.717) is 45.5 Å². The van der Waals surface area contributed by atoms with Gasteiger partial charge in [0.25, 0.3) is 5.56 Å². The number of piperidine rings is 1. The number of aromatic nitrogens is 1. The van der Waals surface area contributed by atoms with Crippen molar-refractivity contribution in [3.8, 4) is 0 Å². The Morgan fingerprint density at radius 1 is 1.38 bits per heavy atom. The second kappa shape index (κ2) is 7.07. The molecule has 1 atom stereocenters. The van der Waals surface area contributed by atoms with Gasteiger partial charge in [-0.25, -0.2) is 0 Å². The fraction of sp³-hybridized carbons (Fsp3) is 0.667. The number of ether oxygens (including phenoxy) is 1. The van der Waals surface area contributed by atoms with Crippen LogP contribution in [-0.4, -0.2) is 51.9 Å². The summed E-state index contributed by atoms with van der Waals surface area (Å²) in [6.07, 6.45) is 2.95. The summed E-state index contributed by atoms with van der Waals surface area (Å²) in [7, 11) is 0. The Balaban J connectivity index is 1.55. The highest BCUT2D eigenvalue weighted by molar-refractivity contribution is 5.76. The van der Waals surface area contributed by atoms with Gasteiger partial charge in [-0.1, -0.05) is 6.07 Å². The maximum absolute atomic E-state index is 12.5. The van der Waals surface area contributed by atoms with Gasteiger partial charge in [0, 0.05) is 44.4 Å². The maximum atomic E-state index is 12.5. The Bertz CT molecular complexity index is 647. The number of amides is 1. The third kappa shape index (κ3) is 3.39. The molecule has 2 fully saturated rings. The Labute approximate surface area is 142 Å². The van der Waals surface area contributed by atoms with Gasteiger partial charge < -0.3 is 19.3 Å². The minimum atomic E-state index is -0.456. The molecule has 0 aliphatic carbocycles. The van der Waals surface area contributed by atoms with Crippen LogP contribution in [-0.2, 0) is 16.1 Å². The molecule has 6 nitrogen and oxygen atoms in total. The van der Waals surface area contributed by atoms with Gasteiger partial charge in [0.1, 0.15) is 0 Å². The molecular formula is C18H26N2O4. The molecule has 0 aromatic carbocycles. The third-order valence-electron chi connectivity index (χ3n) is 5.40. The predicted octanol–water partition coefficient (Wildman–Crippen LogP) is 1.08. The van der Waals surface area contributed by atoms with Gasteiger partial charge >= 0.3 is 0 Å². The minimum absolute atomic E-state index is 0.0605. The van der Waals surface area contributed by atoms with E-state index in [0.717, 1.165) is 18.5 Å². The first-order chi connectivity index (χ1) is 11.5. The Morgan fingerprint density at radius 2 is 2.12 bits per heavy atom. The van der Waals surface area contributed by atoms with Crippen LogP contribution in [0.15, 0.2) is 23.0 Å². The molecule has 0 saturated carbocycles. The van der Waals surface area contributed by atoms with Gasteiger partial charge in [0.2, 0.25) is 5.91 Å². The molecule has 1 N–H and O–H groups in total. The first-order valence-corrected chi connectivity index (χ1v) is 8.78. The highest BCUT2D eigenvalue weighted by Crippen LogP contribution is 2.35. The number of rotatable bonds is 3. The monoisotopic (exact) mass is 334 g/mol. The lowest BCUT2D eigenvalue weighted by atomic mass is 9.82. The number of aryl methyl sites for hydroxylation is 1. The third-order valence-corrected chi connectivity index (χ3v) is 5.40. The van der Waals surface area contributed by atoms with Crippen LogP contribution in [0.3, 0.4) is 0 Å². The van der Waals surface area contributed by atoms with Crippen molar-refractivity contribution in [2.24, 2.45) is 0 Å². The van der Waals surface area contributed by atoms with Crippen molar-refractivity contribution in [3.63, 3.8) is 0 Å². The predicted molar refractivity (Wildman–Crippen MR) is 89.8 cm³/mol. The number of pyridine rings is 1. The number of carbonyl (C=O) groups is 1. The standard InChI is InChI=1S/C18H26N2O4/c1-14-4-2-6-17(23)20(14)10-7-16(22)19-11-8-18(9-12-19)15(21)5-3-13-24-18/h2,4,6,15,21H,3,5,7-13H2,1H3/t15-/m1/s1. The molecule has 132 valence electrons. The lowest BCUT2D eigenvalue weighted by Crippen LogP contribution is -2.56. The minimum Gasteiger partial charge on any atom is -0.390 e. The van der Waals surface area contributed by atoms with Crippen molar-refractivity contribution < 1.29 is 14.6 Å². The van der Waals surface area contributed by atoms with Crippen LogP contribution >= 0.6 is 0 Å². The van der Waals surface area contributed by atoms with E-state index in [1.165, 1.54) is 6.07 Å². The van der Waals surface area contributed by atoms with Gasteiger partial charge in [0.05, 0.1) is 11.7 Å². The number of likely N-dealkylation sites (tertiary alicyclic amines) is 1. The van der Waals surface area contributed by atoms with Crippen LogP contribution in [0.1, 0.15) is 37.8 Å². The van der Waals surface area contributed by atoms with Gasteiger partial charge in [0.15, 0.2) is 0 Å². The first kappa shape index (κ1) is 17.2. The number of hydrogen-bond acceptors (Lipinski definition) is 4. The lowest BCUT2D eigenvalue weighted by Gasteiger charge is -2.46. The molecule has 2 aliphatic heterocycles. The summed E-state index contributed by atoms with van der Waals surface area (Å²) in [6.45, 7) is 4.20. The fourth-order valence-electron chi connectivity index (χ4n) is 3.80. The fourth-order valence-corrected chi connectivity index (χ4v) is 3.80. The first-order valence-electron chi connectivity index (χ1n) is 8.78. The van der Waals surface area contributed by atoms with Crippen LogP contribution in [0.25, 0.3) is 0 Å². The number of nitrogens with zero attached hydrogens (tertiary/aromatic N) is 2. The van der Waals surface area contributed by atoms with Crippen LogP contribution in [0, 0.1) is 6.92 Å². The van der Waals surface area contributed by atoms with E-state index in [2.05, 4.69) is 0 Å². The second-order valence-corrected chi connectivity index (χ2v) is 6.86. The molecule has 1 spiro atoms. The van der Waals surface area contributed by atoms with Gasteiger partial charge in [-0.2, -0.15) is 0 Å². The van der Waals surface area contributed by atoms with Crippen molar-refractivity contribution in [1.29, 1.82) is 0 Å². The van der Waals surface area contributed by atoms with Crippen LogP contribution in [0.2, 0.25) is 0 Å². The summed E-state index contributed by atoms with van der Waals surface area (Å²) in [6, 6.07) is 5.12. The van der Waals surface area contributed by atoms with Crippen molar-refractivity contribution in [1.82, 2.24) is 9.47 Å². The van der Waals surface area contributed by atoms with E-state index in [1.807, 2.05) is 17.9 Å². The molecule has 3 heterocycles. The highest BCUT2D eigenvalue weighted by atomic mass is 16.5. The van der Waals surface area contributed by atoms with Gasteiger partial charge in [-0.15, -0.1) is 0 Å². The Hall–Kier alpha value is -1.66. The number of hydrogen-bond donors (Lipinski definition) is 1. The summed E-state index contributed by atoms with van der Waals surface area (Å²) >= 11 is 0. The topological polar surface area (TPSA) is 71.8 Å². The van der Waals surface area contributed by atoms with Crippen LogP contribution in [0.5, 0.6) is 0 Å². The zero-order chi connectivity index (χ0) is 17.2. The SMILES string of the molecule is Cc1cccc(=O)n1CCC(=O)N1CCC2(CC1)OCCC[C@H]2O. The summed E-state index contributed by atoms with van der Waals surface area (Å²) in [5.74, 6) is 0.0605. The largest absolute Gasteiger partial charge is 0.390 e. The zero-order valence-corrected chi connectivity index (χ0v) is 14.2. The molecule has 2 aliphatic rings. The van der Waals surface area contributed by atoms with Gasteiger partial charge in [-0.3, -0.25) is 9.59 Å². The molecule has 24 heavy (non-hydrogen) atoms.